The van der Waals surface area contributed by atoms with Gasteiger partial charge in [-0.05, 0) is 43.5 Å². The van der Waals surface area contributed by atoms with Gasteiger partial charge in [-0.3, -0.25) is 9.20 Å². The Morgan fingerprint density at radius 3 is 2.68 bits per heavy atom. The highest BCUT2D eigenvalue weighted by atomic mass is 32.2. The number of hydrogen-bond donors (Lipinski definition) is 2. The topological polar surface area (TPSA) is 124 Å². The summed E-state index contributed by atoms with van der Waals surface area (Å²) >= 11 is 0. The number of aliphatic imine (C=N–C) groups is 2. The van der Waals surface area contributed by atoms with Crippen LogP contribution in [0.25, 0.3) is 10.9 Å². The van der Waals surface area contributed by atoms with Crippen LogP contribution in [0.4, 0.5) is 8.78 Å². The molecule has 5 N–H and O–H groups in total. The van der Waals surface area contributed by atoms with E-state index in [9.17, 15) is 8.60 Å². The van der Waals surface area contributed by atoms with Gasteiger partial charge in [0.05, 0.1) is 5.56 Å². The molecule has 3 aromatic rings. The molecule has 0 saturated carbocycles. The molecule has 0 aliphatic carbocycles. The maximum atomic E-state index is 15.2. The molecule has 0 saturated heterocycles. The number of amidine groups is 2. The van der Waals surface area contributed by atoms with Crippen molar-refractivity contribution < 1.29 is 24.6 Å². The second kappa shape index (κ2) is 12.0. The zero-order valence-electron chi connectivity index (χ0n) is 21.4. The molecular weight excluding hydrogens is 498 g/mol. The number of ether oxygens (including phenoxy) is 1. The summed E-state index contributed by atoms with van der Waals surface area (Å²) in [5.41, 5.74) is 7.30. The number of aromatic amines is 1. The third-order valence-electron chi connectivity index (χ3n) is 6.65. The van der Waals surface area contributed by atoms with E-state index in [1.165, 1.54) is 31.3 Å². The van der Waals surface area contributed by atoms with E-state index >= 15 is 4.39 Å². The molecule has 37 heavy (non-hydrogen) atoms. The van der Waals surface area contributed by atoms with E-state index in [0.29, 0.717) is 34.8 Å². The summed E-state index contributed by atoms with van der Waals surface area (Å²) in [6.07, 6.45) is 5.53. The van der Waals surface area contributed by atoms with Crippen LogP contribution in [-0.4, -0.2) is 44.9 Å². The molecule has 1 unspecified atom stereocenters. The van der Waals surface area contributed by atoms with Crippen LogP contribution in [0.3, 0.4) is 0 Å². The summed E-state index contributed by atoms with van der Waals surface area (Å²) in [7, 11) is 0.474. The van der Waals surface area contributed by atoms with Crippen molar-refractivity contribution in [3.05, 3.63) is 59.3 Å². The highest BCUT2D eigenvalue weighted by Crippen LogP contribution is 2.35. The van der Waals surface area contributed by atoms with Crippen LogP contribution in [0.5, 0.6) is 11.5 Å². The van der Waals surface area contributed by atoms with Crippen molar-refractivity contribution in [1.29, 1.82) is 0 Å². The summed E-state index contributed by atoms with van der Waals surface area (Å²) in [6, 6.07) is 7.35. The number of H-pyrrole nitrogens is 1. The molecule has 1 aliphatic rings. The number of hydrogen-bond acceptors (Lipinski definition) is 4. The van der Waals surface area contributed by atoms with E-state index in [1.807, 2.05) is 19.9 Å². The first kappa shape index (κ1) is 28.5. The molecule has 0 spiro atoms. The van der Waals surface area contributed by atoms with Gasteiger partial charge >= 0.3 is 0 Å². The Kier molecular flexibility index (Phi) is 9.20. The van der Waals surface area contributed by atoms with Gasteiger partial charge in [0, 0.05) is 64.9 Å². The lowest BCUT2D eigenvalue weighted by Gasteiger charge is -2.24. The number of fused-ring (bicyclic) bond motifs is 5. The smallest absolute Gasteiger partial charge is 0.168 e. The molecule has 7 nitrogen and oxygen atoms in total. The predicted molar refractivity (Wildman–Crippen MR) is 148 cm³/mol. The van der Waals surface area contributed by atoms with E-state index in [2.05, 4.69) is 15.0 Å². The van der Waals surface area contributed by atoms with Crippen molar-refractivity contribution in [2.24, 2.45) is 21.1 Å². The van der Waals surface area contributed by atoms with Crippen molar-refractivity contribution in [1.82, 2.24) is 4.98 Å². The zero-order chi connectivity index (χ0) is 25.9. The Morgan fingerprint density at radius 1 is 1.14 bits per heavy atom. The molecule has 0 amide bonds. The first-order valence-corrected chi connectivity index (χ1v) is 13.6. The van der Waals surface area contributed by atoms with E-state index in [4.69, 9.17) is 10.5 Å². The molecule has 4 rings (SSSR count). The lowest BCUT2D eigenvalue weighted by atomic mass is 9.85. The number of aryl methyl sites for hydroxylation is 1. The van der Waals surface area contributed by atoms with E-state index in [-0.39, 0.29) is 29.8 Å². The molecule has 2 bridgehead atoms. The van der Waals surface area contributed by atoms with Crippen LogP contribution in [0.1, 0.15) is 52.1 Å². The summed E-state index contributed by atoms with van der Waals surface area (Å²) in [4.78, 5) is 11.7. The minimum atomic E-state index is -1.05. The first-order valence-electron chi connectivity index (χ1n) is 12.1. The highest BCUT2D eigenvalue weighted by Gasteiger charge is 2.24. The van der Waals surface area contributed by atoms with Crippen LogP contribution in [0, 0.1) is 17.0 Å². The number of benzene rings is 2. The largest absolute Gasteiger partial charge is 0.454 e. The molecular formula is C27H36F2N4O3S. The maximum Gasteiger partial charge on any atom is 0.168 e. The molecule has 2 heterocycles. The van der Waals surface area contributed by atoms with Gasteiger partial charge in [0.1, 0.15) is 17.4 Å². The third-order valence-corrected chi connectivity index (χ3v) is 8.05. The van der Waals surface area contributed by atoms with Gasteiger partial charge in [0.2, 0.25) is 0 Å². The monoisotopic (exact) mass is 534 g/mol. The zero-order valence-corrected chi connectivity index (χ0v) is 22.2. The van der Waals surface area contributed by atoms with Gasteiger partial charge in [0.15, 0.2) is 17.4 Å². The Morgan fingerprint density at radius 2 is 1.92 bits per heavy atom. The van der Waals surface area contributed by atoms with Gasteiger partial charge in [0.25, 0.3) is 0 Å². The molecule has 2 aromatic carbocycles. The van der Waals surface area contributed by atoms with Crippen molar-refractivity contribution in [2.45, 2.75) is 46.0 Å². The Hall–Kier alpha value is -3.11. The van der Waals surface area contributed by atoms with Gasteiger partial charge in [-0.2, -0.15) is 0 Å². The molecule has 1 aliphatic heterocycles. The van der Waals surface area contributed by atoms with Crippen LogP contribution in [0.15, 0.2) is 46.5 Å². The van der Waals surface area contributed by atoms with Gasteiger partial charge < -0.3 is 20.9 Å². The molecule has 0 fully saturated rings. The van der Waals surface area contributed by atoms with Crippen LogP contribution < -0.4 is 10.5 Å². The maximum absolute atomic E-state index is 15.2. The molecule has 10 heteroatoms. The number of nitrogens with two attached hydrogens (primary N) is 1. The molecule has 1 aromatic heterocycles. The SMILES string of the molecule is CN=C1N=C(N)C(C)(C)CCCCCS(=O)CCc2c(c(F)cc3[nH]ccc23)Oc2ccc(F)c1c2.O.[HH]. The van der Waals surface area contributed by atoms with Gasteiger partial charge in [-0.1, -0.05) is 26.7 Å². The fourth-order valence-corrected chi connectivity index (χ4v) is 5.55. The summed E-state index contributed by atoms with van der Waals surface area (Å²) in [5.74, 6) is 0.649. The van der Waals surface area contributed by atoms with E-state index < -0.39 is 27.8 Å². The Balaban J connectivity index is 0.00000253. The second-order valence-corrected chi connectivity index (χ2v) is 11.4. The number of nitrogens with one attached hydrogen (secondary N) is 1. The predicted octanol–water partition coefficient (Wildman–Crippen LogP) is 5.28. The number of halogens is 2. The van der Waals surface area contributed by atoms with Crippen LogP contribution in [-0.2, 0) is 17.2 Å². The van der Waals surface area contributed by atoms with Crippen LogP contribution in [0.2, 0.25) is 0 Å². The van der Waals surface area contributed by atoms with Crippen LogP contribution >= 0.6 is 0 Å². The number of rotatable bonds is 0. The Labute approximate surface area is 219 Å². The molecule has 202 valence electrons. The minimum Gasteiger partial charge on any atom is -0.454 e. The summed E-state index contributed by atoms with van der Waals surface area (Å²) < 4.78 is 48.9. The normalized spacial score (nSPS) is 20.2. The quantitative estimate of drug-likeness (QED) is 0.407. The summed E-state index contributed by atoms with van der Waals surface area (Å²) in [6.45, 7) is 3.99. The number of nitrogens with zero attached hydrogens (tertiary/aromatic N) is 2. The molecule has 1 atom stereocenters. The average Bonchev–Trinajstić information content (AvgIpc) is 3.30. The van der Waals surface area contributed by atoms with Gasteiger partial charge in [-0.15, -0.1) is 0 Å². The standard InChI is InChI=1S/C27H32F2N4O2S.H2O.H2/c1-27(2)11-5-4-6-13-36(34)14-10-19-18-9-12-32-23(18)16-22(29)24(19)35-17-7-8-21(28)20(15-17)25(31-3)33-26(27)30;;/h7-9,12,15-16,32H,4-6,10-11,13-14H2,1-3H3,(H2,30,31,33);1H2;1H. The summed E-state index contributed by atoms with van der Waals surface area (Å²) in [5, 5.41) is 0.801. The highest BCUT2D eigenvalue weighted by molar-refractivity contribution is 7.84. The van der Waals surface area contributed by atoms with Crippen molar-refractivity contribution in [2.75, 3.05) is 18.6 Å². The first-order chi connectivity index (χ1) is 17.2. The van der Waals surface area contributed by atoms with Crippen molar-refractivity contribution in [3.63, 3.8) is 0 Å². The Bertz CT molecular complexity index is 1360. The third kappa shape index (κ3) is 6.42. The second-order valence-electron chi connectivity index (χ2n) is 9.69. The molecule has 0 radical (unpaired) electrons. The fraction of sp³-hybridized carbons (Fsp3) is 0.407. The van der Waals surface area contributed by atoms with Crippen molar-refractivity contribution in [3.8, 4) is 11.5 Å². The van der Waals surface area contributed by atoms with Gasteiger partial charge in [-0.25, -0.2) is 13.8 Å². The minimum absolute atomic E-state index is 0. The average molecular weight is 535 g/mol. The van der Waals surface area contributed by atoms with E-state index in [1.54, 1.807) is 6.20 Å². The van der Waals surface area contributed by atoms with E-state index in [0.717, 1.165) is 31.1 Å². The lowest BCUT2D eigenvalue weighted by Crippen LogP contribution is -2.33. The number of aromatic nitrogens is 1. The lowest BCUT2D eigenvalue weighted by molar-refractivity contribution is 0.437. The fourth-order valence-electron chi connectivity index (χ4n) is 4.39. The van der Waals surface area contributed by atoms with Crippen molar-refractivity contribution >= 4 is 33.4 Å².